The Labute approximate surface area is 149 Å². The molecule has 1 aliphatic rings. The fraction of sp³-hybridized carbons (Fsp3) is 0.429. The van der Waals surface area contributed by atoms with Crippen LogP contribution >= 0.6 is 0 Å². The molecule has 0 spiro atoms. The van der Waals surface area contributed by atoms with Crippen LogP contribution in [0.5, 0.6) is 0 Å². The van der Waals surface area contributed by atoms with Crippen molar-refractivity contribution in [1.82, 2.24) is 19.1 Å². The lowest BCUT2D eigenvalue weighted by atomic mass is 10.2. The molecule has 0 N–H and O–H groups in total. The molecular weight excluding hydrogens is 390 g/mol. The molecule has 3 rings (SSSR count). The van der Waals surface area contributed by atoms with Crippen LogP contribution in [-0.2, 0) is 26.9 Å². The van der Waals surface area contributed by atoms with Crippen LogP contribution in [0, 0.1) is 11.6 Å². The minimum absolute atomic E-state index is 0.00943. The zero-order valence-corrected chi connectivity index (χ0v) is 15.3. The molecule has 2 aromatic rings. The number of sulfonamides is 1. The Bertz CT molecular complexity index is 1010. The van der Waals surface area contributed by atoms with Crippen LogP contribution in [-0.4, -0.2) is 54.2 Å². The van der Waals surface area contributed by atoms with Crippen LogP contribution in [0.1, 0.15) is 12.8 Å². The Morgan fingerprint density at radius 3 is 2.15 bits per heavy atom. The molecule has 0 amide bonds. The molecule has 142 valence electrons. The number of aromatic nitrogens is 3. The van der Waals surface area contributed by atoms with Crippen LogP contribution in [0.25, 0.3) is 0 Å². The van der Waals surface area contributed by atoms with E-state index in [4.69, 9.17) is 0 Å². The molecule has 8 nitrogen and oxygen atoms in total. The van der Waals surface area contributed by atoms with Gasteiger partial charge in [0.05, 0.1) is 5.25 Å². The normalized spacial score (nSPS) is 17.5. The van der Waals surface area contributed by atoms with Crippen molar-refractivity contribution in [3.8, 4) is 0 Å². The molecule has 26 heavy (non-hydrogen) atoms. The summed E-state index contributed by atoms with van der Waals surface area (Å²) in [4.78, 5) is -1.02. The highest BCUT2D eigenvalue weighted by atomic mass is 32.2. The maximum absolute atomic E-state index is 13.8. The SMILES string of the molecule is Cn1cnnc1S(=O)(=O)C1CCN(S(=O)(=O)c2c(F)cccc2F)CC1. The Morgan fingerprint density at radius 1 is 1.08 bits per heavy atom. The second-order valence-corrected chi connectivity index (χ2v) is 9.92. The molecular formula is C14H16F2N4O4S2. The summed E-state index contributed by atoms with van der Waals surface area (Å²) in [7, 11) is -6.68. The van der Waals surface area contributed by atoms with Gasteiger partial charge in [-0.1, -0.05) is 6.07 Å². The van der Waals surface area contributed by atoms with Crippen LogP contribution in [0.2, 0.25) is 0 Å². The van der Waals surface area contributed by atoms with E-state index in [1.54, 1.807) is 0 Å². The van der Waals surface area contributed by atoms with Crippen molar-refractivity contribution < 1.29 is 25.6 Å². The number of aryl methyl sites for hydroxylation is 1. The van der Waals surface area contributed by atoms with Gasteiger partial charge in [-0.25, -0.2) is 25.6 Å². The molecule has 0 saturated carbocycles. The molecule has 0 unspecified atom stereocenters. The van der Waals surface area contributed by atoms with Crippen LogP contribution < -0.4 is 0 Å². The van der Waals surface area contributed by atoms with Crippen LogP contribution in [0.4, 0.5) is 8.78 Å². The quantitative estimate of drug-likeness (QED) is 0.741. The van der Waals surface area contributed by atoms with Gasteiger partial charge in [0.2, 0.25) is 25.0 Å². The summed E-state index contributed by atoms with van der Waals surface area (Å²) in [5.74, 6) is -2.36. The van der Waals surface area contributed by atoms with Crippen molar-refractivity contribution in [3.05, 3.63) is 36.2 Å². The molecule has 1 aromatic carbocycles. The lowest BCUT2D eigenvalue weighted by Crippen LogP contribution is -2.43. The molecule has 2 heterocycles. The van der Waals surface area contributed by atoms with Crippen molar-refractivity contribution in [2.24, 2.45) is 7.05 Å². The Balaban J connectivity index is 1.82. The highest BCUT2D eigenvalue weighted by Crippen LogP contribution is 2.28. The predicted molar refractivity (Wildman–Crippen MR) is 86.3 cm³/mol. The average Bonchev–Trinajstić information content (AvgIpc) is 3.01. The maximum atomic E-state index is 13.8. The Kier molecular flexibility index (Phi) is 4.84. The molecule has 1 aromatic heterocycles. The van der Waals surface area contributed by atoms with E-state index in [1.165, 1.54) is 17.9 Å². The number of piperidine rings is 1. The monoisotopic (exact) mass is 406 g/mol. The van der Waals surface area contributed by atoms with Gasteiger partial charge in [0, 0.05) is 20.1 Å². The standard InChI is InChI=1S/C14H16F2N4O4S2/c1-19-9-17-18-14(19)25(21,22)10-5-7-20(8-6-10)26(23,24)13-11(15)3-2-4-12(13)16/h2-4,9-10H,5-8H2,1H3. The lowest BCUT2D eigenvalue weighted by Gasteiger charge is -2.30. The van der Waals surface area contributed by atoms with Crippen molar-refractivity contribution in [3.63, 3.8) is 0 Å². The minimum atomic E-state index is -4.40. The van der Waals surface area contributed by atoms with Gasteiger partial charge in [-0.2, -0.15) is 4.31 Å². The predicted octanol–water partition coefficient (Wildman–Crippen LogP) is 0.720. The first-order valence-corrected chi connectivity index (χ1v) is 10.7. The highest BCUT2D eigenvalue weighted by molar-refractivity contribution is 7.92. The third-order valence-corrected chi connectivity index (χ3v) is 8.46. The summed E-state index contributed by atoms with van der Waals surface area (Å²) >= 11 is 0. The number of nitrogens with zero attached hydrogens (tertiary/aromatic N) is 4. The number of hydrogen-bond donors (Lipinski definition) is 0. The first kappa shape index (κ1) is 18.9. The van der Waals surface area contributed by atoms with Gasteiger partial charge in [-0.3, -0.25) is 0 Å². The fourth-order valence-corrected chi connectivity index (χ4v) is 6.24. The summed E-state index contributed by atoms with van der Waals surface area (Å²) in [6, 6.07) is 2.80. The molecule has 0 bridgehead atoms. The van der Waals surface area contributed by atoms with E-state index >= 15 is 0 Å². The zero-order valence-electron chi connectivity index (χ0n) is 13.7. The van der Waals surface area contributed by atoms with E-state index in [0.717, 1.165) is 22.5 Å². The Morgan fingerprint density at radius 2 is 1.65 bits per heavy atom. The number of sulfone groups is 1. The summed E-state index contributed by atoms with van der Waals surface area (Å²) in [5.41, 5.74) is 0. The molecule has 0 aliphatic carbocycles. The molecule has 1 fully saturated rings. The van der Waals surface area contributed by atoms with Crippen molar-refractivity contribution >= 4 is 19.9 Å². The minimum Gasteiger partial charge on any atom is -0.308 e. The third-order valence-electron chi connectivity index (χ3n) is 4.28. The number of hydrogen-bond acceptors (Lipinski definition) is 6. The van der Waals surface area contributed by atoms with Gasteiger partial charge in [0.15, 0.2) is 4.90 Å². The summed E-state index contributed by atoms with van der Waals surface area (Å²) in [5, 5.41) is 6.09. The molecule has 0 radical (unpaired) electrons. The summed E-state index contributed by atoms with van der Waals surface area (Å²) < 4.78 is 80.1. The van der Waals surface area contributed by atoms with Crippen molar-refractivity contribution in [2.75, 3.05) is 13.1 Å². The smallest absolute Gasteiger partial charge is 0.249 e. The van der Waals surface area contributed by atoms with Gasteiger partial charge in [0.1, 0.15) is 18.0 Å². The topological polar surface area (TPSA) is 102 Å². The van der Waals surface area contributed by atoms with Crippen molar-refractivity contribution in [2.45, 2.75) is 28.1 Å². The van der Waals surface area contributed by atoms with Gasteiger partial charge >= 0.3 is 0 Å². The van der Waals surface area contributed by atoms with Crippen LogP contribution in [0.15, 0.2) is 34.6 Å². The second-order valence-electron chi connectivity index (χ2n) is 5.92. The van der Waals surface area contributed by atoms with Gasteiger partial charge in [0.25, 0.3) is 0 Å². The fourth-order valence-electron chi connectivity index (χ4n) is 2.92. The summed E-state index contributed by atoms with van der Waals surface area (Å²) in [6.07, 6.45) is 1.24. The largest absolute Gasteiger partial charge is 0.308 e. The number of benzene rings is 1. The van der Waals surface area contributed by atoms with E-state index < -0.39 is 41.6 Å². The second kappa shape index (κ2) is 6.67. The van der Waals surface area contributed by atoms with Gasteiger partial charge < -0.3 is 4.57 Å². The van der Waals surface area contributed by atoms with Gasteiger partial charge in [-0.15, -0.1) is 10.2 Å². The van der Waals surface area contributed by atoms with E-state index in [-0.39, 0.29) is 31.1 Å². The summed E-state index contributed by atoms with van der Waals surface area (Å²) in [6.45, 7) is -0.338. The lowest BCUT2D eigenvalue weighted by molar-refractivity contribution is 0.341. The number of halogens is 2. The van der Waals surface area contributed by atoms with E-state index in [9.17, 15) is 25.6 Å². The maximum Gasteiger partial charge on any atom is 0.249 e. The average molecular weight is 406 g/mol. The Hall–Kier alpha value is -1.92. The van der Waals surface area contributed by atoms with Gasteiger partial charge in [-0.05, 0) is 25.0 Å². The first-order valence-electron chi connectivity index (χ1n) is 7.67. The molecule has 12 heteroatoms. The first-order chi connectivity index (χ1) is 12.2. The van der Waals surface area contributed by atoms with E-state index in [2.05, 4.69) is 10.2 Å². The van der Waals surface area contributed by atoms with Crippen molar-refractivity contribution in [1.29, 1.82) is 0 Å². The molecule has 1 aliphatic heterocycles. The highest BCUT2D eigenvalue weighted by Gasteiger charge is 2.39. The number of rotatable bonds is 4. The van der Waals surface area contributed by atoms with Crippen LogP contribution in [0.3, 0.4) is 0 Å². The molecule has 1 saturated heterocycles. The third kappa shape index (κ3) is 3.12. The van der Waals surface area contributed by atoms with E-state index in [1.807, 2.05) is 0 Å². The molecule has 0 atom stereocenters. The zero-order chi connectivity index (χ0) is 19.1. The van der Waals surface area contributed by atoms with E-state index in [0.29, 0.717) is 0 Å².